The van der Waals surface area contributed by atoms with Crippen LogP contribution in [0.1, 0.15) is 0 Å². The second kappa shape index (κ2) is 5.25. The zero-order valence-electron chi connectivity index (χ0n) is 9.99. The van der Waals surface area contributed by atoms with Crippen LogP contribution in [-0.4, -0.2) is 13.3 Å². The fourth-order valence-corrected chi connectivity index (χ4v) is 2.74. The lowest BCUT2D eigenvalue weighted by Gasteiger charge is -2.08. The molecule has 20 heavy (non-hydrogen) atoms. The highest BCUT2D eigenvalue weighted by Gasteiger charge is 2.22. The minimum Gasteiger partial charge on any atom is -0.273 e. The summed E-state index contributed by atoms with van der Waals surface area (Å²) in [7, 11) is -4.23. The first-order valence-corrected chi connectivity index (χ1v) is 6.91. The molecule has 0 atom stereocenters. The van der Waals surface area contributed by atoms with E-state index in [1.54, 1.807) is 0 Å². The topological polar surface area (TPSA) is 89.3 Å². The molecule has 6 nitrogen and oxygen atoms in total. The summed E-state index contributed by atoms with van der Waals surface area (Å²) in [6, 6.07) is 10.00. The summed E-state index contributed by atoms with van der Waals surface area (Å²) in [5.74, 6) is -0.932. The first-order chi connectivity index (χ1) is 9.42. The number of para-hydroxylation sites is 2. The van der Waals surface area contributed by atoms with Gasteiger partial charge in [-0.2, -0.15) is 0 Å². The Morgan fingerprint density at radius 2 is 1.65 bits per heavy atom. The van der Waals surface area contributed by atoms with Crippen molar-refractivity contribution in [2.45, 2.75) is 4.90 Å². The van der Waals surface area contributed by atoms with E-state index >= 15 is 0 Å². The summed E-state index contributed by atoms with van der Waals surface area (Å²) in [6.45, 7) is 0. The molecule has 0 aromatic heterocycles. The number of sulfonamides is 1. The molecular formula is C12H9FN2O4S. The van der Waals surface area contributed by atoms with Crippen LogP contribution in [-0.2, 0) is 10.0 Å². The largest absolute Gasteiger partial charge is 0.293 e. The van der Waals surface area contributed by atoms with Crippen LogP contribution in [0, 0.1) is 15.9 Å². The molecule has 2 aromatic rings. The third-order valence-electron chi connectivity index (χ3n) is 2.47. The van der Waals surface area contributed by atoms with Crippen LogP contribution in [0.2, 0.25) is 0 Å². The molecule has 0 aliphatic heterocycles. The number of halogens is 1. The smallest absolute Gasteiger partial charge is 0.273 e. The maximum atomic E-state index is 13.5. The van der Waals surface area contributed by atoms with Gasteiger partial charge in [-0.15, -0.1) is 0 Å². The third kappa shape index (κ3) is 2.75. The molecule has 2 rings (SSSR count). The standard InChI is InChI=1S/C12H9FN2O4S/c13-9-5-1-4-8-12(9)20(18,19)14-10-6-2-3-7-11(10)15(16)17/h1-8,14H. The van der Waals surface area contributed by atoms with Gasteiger partial charge in [-0.25, -0.2) is 12.8 Å². The minimum absolute atomic E-state index is 0.222. The van der Waals surface area contributed by atoms with Crippen molar-refractivity contribution in [3.8, 4) is 0 Å². The van der Waals surface area contributed by atoms with E-state index in [4.69, 9.17) is 0 Å². The Labute approximate surface area is 114 Å². The summed E-state index contributed by atoms with van der Waals surface area (Å²) in [5, 5.41) is 10.8. The third-order valence-corrected chi connectivity index (χ3v) is 3.87. The molecule has 0 amide bonds. The average Bonchev–Trinajstić information content (AvgIpc) is 2.39. The van der Waals surface area contributed by atoms with Gasteiger partial charge in [0.25, 0.3) is 15.7 Å². The average molecular weight is 296 g/mol. The molecule has 104 valence electrons. The maximum absolute atomic E-state index is 13.5. The van der Waals surface area contributed by atoms with Crippen LogP contribution >= 0.6 is 0 Å². The Hall–Kier alpha value is -2.48. The molecule has 2 aromatic carbocycles. The first-order valence-electron chi connectivity index (χ1n) is 5.42. The molecular weight excluding hydrogens is 287 g/mol. The Morgan fingerprint density at radius 1 is 1.05 bits per heavy atom. The molecule has 1 N–H and O–H groups in total. The minimum atomic E-state index is -4.23. The fourth-order valence-electron chi connectivity index (χ4n) is 1.58. The Morgan fingerprint density at radius 3 is 2.30 bits per heavy atom. The molecule has 8 heteroatoms. The van der Waals surface area contributed by atoms with E-state index in [1.165, 1.54) is 30.3 Å². The number of nitro benzene ring substituents is 1. The van der Waals surface area contributed by atoms with E-state index in [0.717, 1.165) is 18.2 Å². The molecule has 0 saturated heterocycles. The van der Waals surface area contributed by atoms with E-state index in [2.05, 4.69) is 0 Å². The number of benzene rings is 2. The lowest BCUT2D eigenvalue weighted by Crippen LogP contribution is -2.15. The summed E-state index contributed by atoms with van der Waals surface area (Å²) in [6.07, 6.45) is 0. The summed E-state index contributed by atoms with van der Waals surface area (Å²) in [5.41, 5.74) is -0.631. The summed E-state index contributed by atoms with van der Waals surface area (Å²) in [4.78, 5) is 9.51. The van der Waals surface area contributed by atoms with Crippen LogP contribution in [0.25, 0.3) is 0 Å². The van der Waals surface area contributed by atoms with E-state index in [0.29, 0.717) is 0 Å². The molecule has 0 saturated carbocycles. The number of rotatable bonds is 4. The molecule has 0 unspecified atom stereocenters. The van der Waals surface area contributed by atoms with Crippen molar-refractivity contribution in [2.75, 3.05) is 4.72 Å². The molecule has 0 aliphatic carbocycles. The van der Waals surface area contributed by atoms with Crippen LogP contribution in [0.4, 0.5) is 15.8 Å². The van der Waals surface area contributed by atoms with Crippen molar-refractivity contribution < 1.29 is 17.7 Å². The SMILES string of the molecule is O=[N+]([O-])c1ccccc1NS(=O)(=O)c1ccccc1F. The Bertz CT molecular complexity index is 762. The van der Waals surface area contributed by atoms with E-state index < -0.39 is 31.3 Å². The highest BCUT2D eigenvalue weighted by molar-refractivity contribution is 7.92. The van der Waals surface area contributed by atoms with Gasteiger partial charge in [-0.1, -0.05) is 24.3 Å². The highest BCUT2D eigenvalue weighted by Crippen LogP contribution is 2.26. The van der Waals surface area contributed by atoms with Crippen molar-refractivity contribution in [1.29, 1.82) is 0 Å². The van der Waals surface area contributed by atoms with Gasteiger partial charge in [0, 0.05) is 6.07 Å². The van der Waals surface area contributed by atoms with E-state index in [1.807, 2.05) is 4.72 Å². The second-order valence-electron chi connectivity index (χ2n) is 3.81. The van der Waals surface area contributed by atoms with Crippen LogP contribution in [0.3, 0.4) is 0 Å². The Balaban J connectivity index is 2.45. The van der Waals surface area contributed by atoms with Crippen molar-refractivity contribution in [2.24, 2.45) is 0 Å². The van der Waals surface area contributed by atoms with Gasteiger partial charge < -0.3 is 0 Å². The van der Waals surface area contributed by atoms with Gasteiger partial charge in [-0.05, 0) is 18.2 Å². The predicted octanol–water partition coefficient (Wildman–Crippen LogP) is 2.53. The van der Waals surface area contributed by atoms with Gasteiger partial charge >= 0.3 is 0 Å². The van der Waals surface area contributed by atoms with Gasteiger partial charge in [0.15, 0.2) is 0 Å². The quantitative estimate of drug-likeness (QED) is 0.693. The second-order valence-corrected chi connectivity index (χ2v) is 5.46. The molecule has 0 spiro atoms. The number of nitro groups is 1. The van der Waals surface area contributed by atoms with Crippen LogP contribution in [0.15, 0.2) is 53.4 Å². The van der Waals surface area contributed by atoms with Gasteiger partial charge in [0.1, 0.15) is 16.4 Å². The number of anilines is 1. The lowest BCUT2D eigenvalue weighted by atomic mass is 10.3. The van der Waals surface area contributed by atoms with Crippen LogP contribution < -0.4 is 4.72 Å². The number of hydrogen-bond donors (Lipinski definition) is 1. The van der Waals surface area contributed by atoms with Gasteiger partial charge in [0.05, 0.1) is 4.92 Å². The summed E-state index contributed by atoms with van der Waals surface area (Å²) < 4.78 is 39.6. The number of nitrogens with one attached hydrogen (secondary N) is 1. The summed E-state index contributed by atoms with van der Waals surface area (Å²) >= 11 is 0. The van der Waals surface area contributed by atoms with Crippen LogP contribution in [0.5, 0.6) is 0 Å². The highest BCUT2D eigenvalue weighted by atomic mass is 32.2. The number of nitrogens with zero attached hydrogens (tertiary/aromatic N) is 1. The molecule has 0 radical (unpaired) electrons. The molecule has 0 fully saturated rings. The van der Waals surface area contributed by atoms with Crippen molar-refractivity contribution in [1.82, 2.24) is 0 Å². The normalized spacial score (nSPS) is 11.1. The molecule has 0 bridgehead atoms. The Kier molecular flexibility index (Phi) is 3.66. The van der Waals surface area contributed by atoms with Crippen molar-refractivity contribution >= 4 is 21.4 Å². The predicted molar refractivity (Wildman–Crippen MR) is 70.3 cm³/mol. The maximum Gasteiger partial charge on any atom is 0.293 e. The fraction of sp³-hybridized carbons (Fsp3) is 0. The zero-order valence-corrected chi connectivity index (χ0v) is 10.8. The number of hydrogen-bond acceptors (Lipinski definition) is 4. The first kappa shape index (κ1) is 13.9. The monoisotopic (exact) mass is 296 g/mol. The molecule has 0 aliphatic rings. The lowest BCUT2D eigenvalue weighted by molar-refractivity contribution is -0.383. The van der Waals surface area contributed by atoms with Crippen molar-refractivity contribution in [3.05, 3.63) is 64.5 Å². The van der Waals surface area contributed by atoms with Gasteiger partial charge in [0.2, 0.25) is 0 Å². The molecule has 0 heterocycles. The zero-order chi connectivity index (χ0) is 14.8. The van der Waals surface area contributed by atoms with E-state index in [9.17, 15) is 22.9 Å². The van der Waals surface area contributed by atoms with Crippen molar-refractivity contribution in [3.63, 3.8) is 0 Å². The van der Waals surface area contributed by atoms with Gasteiger partial charge in [-0.3, -0.25) is 14.8 Å². The van der Waals surface area contributed by atoms with E-state index in [-0.39, 0.29) is 5.69 Å².